The van der Waals surface area contributed by atoms with Crippen molar-refractivity contribution in [3.05, 3.63) is 39.9 Å². The molecule has 1 aliphatic rings. The molecule has 1 amide bonds. The Morgan fingerprint density at radius 1 is 1.35 bits per heavy atom. The highest BCUT2D eigenvalue weighted by molar-refractivity contribution is 6.35. The quantitative estimate of drug-likeness (QED) is 0.727. The molecule has 26 heavy (non-hydrogen) atoms. The molecule has 140 valence electrons. The molecule has 0 spiro atoms. The van der Waals surface area contributed by atoms with Crippen molar-refractivity contribution in [2.24, 2.45) is 0 Å². The minimum Gasteiger partial charge on any atom is -0.479 e. The average molecular weight is 397 g/mol. The first kappa shape index (κ1) is 19.0. The van der Waals surface area contributed by atoms with Gasteiger partial charge in [-0.15, -0.1) is 10.2 Å². The van der Waals surface area contributed by atoms with Crippen molar-refractivity contribution in [1.82, 2.24) is 20.1 Å². The normalized spacial score (nSPS) is 14.6. The fourth-order valence-electron chi connectivity index (χ4n) is 2.97. The maximum atomic E-state index is 12.2. The number of benzene rings is 1. The molecule has 1 aromatic carbocycles. The van der Waals surface area contributed by atoms with Crippen LogP contribution in [0.5, 0.6) is 5.75 Å². The van der Waals surface area contributed by atoms with E-state index in [-0.39, 0.29) is 5.91 Å². The zero-order chi connectivity index (χ0) is 18.5. The minimum absolute atomic E-state index is 0.181. The van der Waals surface area contributed by atoms with E-state index in [1.165, 1.54) is 12.8 Å². The Morgan fingerprint density at radius 3 is 3.00 bits per heavy atom. The summed E-state index contributed by atoms with van der Waals surface area (Å²) in [6, 6.07) is 4.91. The molecule has 1 aromatic heterocycles. The second-order valence-electron chi connectivity index (χ2n) is 6.37. The number of hydrogen-bond acceptors (Lipinski definition) is 4. The molecule has 1 unspecified atom stereocenters. The van der Waals surface area contributed by atoms with Gasteiger partial charge < -0.3 is 14.6 Å². The molecule has 0 saturated carbocycles. The summed E-state index contributed by atoms with van der Waals surface area (Å²) in [5, 5.41) is 12.3. The van der Waals surface area contributed by atoms with Gasteiger partial charge in [0.05, 0.1) is 5.02 Å². The van der Waals surface area contributed by atoms with Crippen molar-refractivity contribution in [1.29, 1.82) is 0 Å². The lowest BCUT2D eigenvalue weighted by atomic mass is 10.1. The van der Waals surface area contributed by atoms with E-state index in [4.69, 9.17) is 27.9 Å². The van der Waals surface area contributed by atoms with Gasteiger partial charge in [0.25, 0.3) is 5.91 Å². The number of halogens is 2. The summed E-state index contributed by atoms with van der Waals surface area (Å²) in [5.74, 6) is 2.34. The van der Waals surface area contributed by atoms with Gasteiger partial charge in [-0.05, 0) is 44.4 Å². The molecule has 0 bridgehead atoms. The highest BCUT2D eigenvalue weighted by Crippen LogP contribution is 2.28. The molecule has 1 N–H and O–H groups in total. The fraction of sp³-hybridized carbons (Fsp3) is 0.500. The Balaban J connectivity index is 1.43. The zero-order valence-electron chi connectivity index (χ0n) is 14.7. The van der Waals surface area contributed by atoms with E-state index >= 15 is 0 Å². The maximum absolute atomic E-state index is 12.2. The van der Waals surface area contributed by atoms with Gasteiger partial charge in [-0.2, -0.15) is 0 Å². The second-order valence-corrected chi connectivity index (χ2v) is 7.21. The first-order valence-electron chi connectivity index (χ1n) is 8.85. The third-order valence-electron chi connectivity index (χ3n) is 4.38. The standard InChI is InChI=1S/C18H22Cl2N4O2/c1-12(26-15-8-7-13(19)11-14(15)20)18(25)21-9-4-6-17-23-22-16-5-2-3-10-24(16)17/h7-8,11-12H,2-6,9-10H2,1H3,(H,21,25). The second kappa shape index (κ2) is 8.73. The molecule has 1 aliphatic heterocycles. The van der Waals surface area contributed by atoms with E-state index in [1.54, 1.807) is 25.1 Å². The Bertz CT molecular complexity index is 779. The van der Waals surface area contributed by atoms with Gasteiger partial charge in [-0.25, -0.2) is 0 Å². The molecule has 8 heteroatoms. The van der Waals surface area contributed by atoms with Gasteiger partial charge in [0, 0.05) is 31.0 Å². The molecule has 3 rings (SSSR count). The predicted octanol–water partition coefficient (Wildman–Crippen LogP) is 3.44. The minimum atomic E-state index is -0.644. The van der Waals surface area contributed by atoms with Gasteiger partial charge in [0.1, 0.15) is 17.4 Å². The molecule has 0 fully saturated rings. The van der Waals surface area contributed by atoms with Crippen LogP contribution in [0.2, 0.25) is 10.0 Å². The number of nitrogens with zero attached hydrogens (tertiary/aromatic N) is 3. The lowest BCUT2D eigenvalue weighted by Crippen LogP contribution is -2.37. The highest BCUT2D eigenvalue weighted by atomic mass is 35.5. The largest absolute Gasteiger partial charge is 0.479 e. The van der Waals surface area contributed by atoms with Crippen LogP contribution in [0.15, 0.2) is 18.2 Å². The SMILES string of the molecule is CC(Oc1ccc(Cl)cc1Cl)C(=O)NCCCc1nnc2n1CCCC2. The number of fused-ring (bicyclic) bond motifs is 1. The molecule has 2 heterocycles. The fourth-order valence-corrected chi connectivity index (χ4v) is 3.42. The van der Waals surface area contributed by atoms with Crippen molar-refractivity contribution in [2.75, 3.05) is 6.54 Å². The van der Waals surface area contributed by atoms with Gasteiger partial charge >= 0.3 is 0 Å². The van der Waals surface area contributed by atoms with Crippen LogP contribution in [0.3, 0.4) is 0 Å². The topological polar surface area (TPSA) is 69.0 Å². The molecule has 0 radical (unpaired) electrons. The van der Waals surface area contributed by atoms with Crippen LogP contribution in [0.1, 0.15) is 37.8 Å². The predicted molar refractivity (Wildman–Crippen MR) is 101 cm³/mol. The summed E-state index contributed by atoms with van der Waals surface area (Å²) < 4.78 is 7.82. The summed E-state index contributed by atoms with van der Waals surface area (Å²) in [6.07, 6.45) is 4.32. The summed E-state index contributed by atoms with van der Waals surface area (Å²) in [7, 11) is 0. The molecule has 6 nitrogen and oxygen atoms in total. The van der Waals surface area contributed by atoms with Crippen molar-refractivity contribution in [3.8, 4) is 5.75 Å². The first-order chi connectivity index (χ1) is 12.5. The number of nitrogens with one attached hydrogen (secondary N) is 1. The number of aryl methyl sites for hydroxylation is 2. The molecule has 0 aliphatic carbocycles. The van der Waals surface area contributed by atoms with Crippen LogP contribution in [-0.2, 0) is 24.2 Å². The lowest BCUT2D eigenvalue weighted by molar-refractivity contribution is -0.127. The van der Waals surface area contributed by atoms with Crippen LogP contribution in [-0.4, -0.2) is 33.3 Å². The monoisotopic (exact) mass is 396 g/mol. The third-order valence-corrected chi connectivity index (χ3v) is 4.91. The molecule has 0 saturated heterocycles. The molecule has 1 atom stereocenters. The van der Waals surface area contributed by atoms with Crippen LogP contribution in [0.25, 0.3) is 0 Å². The summed E-state index contributed by atoms with van der Waals surface area (Å²) in [4.78, 5) is 12.2. The van der Waals surface area contributed by atoms with Gasteiger partial charge in [-0.1, -0.05) is 23.2 Å². The Labute approximate surface area is 162 Å². The van der Waals surface area contributed by atoms with Crippen molar-refractivity contribution in [2.45, 2.75) is 51.7 Å². The third kappa shape index (κ3) is 4.68. The Morgan fingerprint density at radius 2 is 2.19 bits per heavy atom. The Hall–Kier alpha value is -1.79. The van der Waals surface area contributed by atoms with Crippen LogP contribution in [0.4, 0.5) is 0 Å². The van der Waals surface area contributed by atoms with E-state index in [9.17, 15) is 4.79 Å². The number of ether oxygens (including phenoxy) is 1. The number of aromatic nitrogens is 3. The number of amides is 1. The number of carbonyl (C=O) groups is 1. The lowest BCUT2D eigenvalue weighted by Gasteiger charge is -2.16. The summed E-state index contributed by atoms with van der Waals surface area (Å²) in [6.45, 7) is 3.25. The van der Waals surface area contributed by atoms with E-state index in [1.807, 2.05) is 0 Å². The van der Waals surface area contributed by atoms with Crippen molar-refractivity contribution in [3.63, 3.8) is 0 Å². The van der Waals surface area contributed by atoms with E-state index < -0.39 is 6.10 Å². The van der Waals surface area contributed by atoms with Gasteiger partial charge in [-0.3, -0.25) is 4.79 Å². The smallest absolute Gasteiger partial charge is 0.260 e. The summed E-state index contributed by atoms with van der Waals surface area (Å²) >= 11 is 11.9. The van der Waals surface area contributed by atoms with Crippen molar-refractivity contribution < 1.29 is 9.53 Å². The summed E-state index contributed by atoms with van der Waals surface area (Å²) in [5.41, 5.74) is 0. The number of hydrogen-bond donors (Lipinski definition) is 1. The number of rotatable bonds is 7. The van der Waals surface area contributed by atoms with Crippen LogP contribution < -0.4 is 10.1 Å². The molecular formula is C18H22Cl2N4O2. The maximum Gasteiger partial charge on any atom is 0.260 e. The van der Waals surface area contributed by atoms with E-state index in [0.717, 1.165) is 37.5 Å². The van der Waals surface area contributed by atoms with Gasteiger partial charge in [0.15, 0.2) is 6.10 Å². The van der Waals surface area contributed by atoms with Crippen LogP contribution in [0, 0.1) is 0 Å². The molecular weight excluding hydrogens is 375 g/mol. The zero-order valence-corrected chi connectivity index (χ0v) is 16.2. The van der Waals surface area contributed by atoms with Crippen molar-refractivity contribution >= 4 is 29.1 Å². The van der Waals surface area contributed by atoms with Gasteiger partial charge in [0.2, 0.25) is 0 Å². The van der Waals surface area contributed by atoms with Crippen LogP contribution >= 0.6 is 23.2 Å². The molecule has 2 aromatic rings. The first-order valence-corrected chi connectivity index (χ1v) is 9.60. The highest BCUT2D eigenvalue weighted by Gasteiger charge is 2.17. The van der Waals surface area contributed by atoms with E-state index in [0.29, 0.717) is 22.3 Å². The average Bonchev–Trinajstić information content (AvgIpc) is 3.04. The number of carbonyl (C=O) groups excluding carboxylic acids is 1. The Kier molecular flexibility index (Phi) is 6.38. The van der Waals surface area contributed by atoms with E-state index in [2.05, 4.69) is 20.1 Å².